The van der Waals surface area contributed by atoms with Gasteiger partial charge in [0.05, 0.1) is 39.6 Å². The van der Waals surface area contributed by atoms with Gasteiger partial charge in [-0.15, -0.1) is 0 Å². The first-order chi connectivity index (χ1) is 17.2. The average Bonchev–Trinajstić information content (AvgIpc) is 3.08. The molecule has 0 spiro atoms. The second kappa shape index (κ2) is 11.8. The van der Waals surface area contributed by atoms with Gasteiger partial charge in [0.25, 0.3) is 0 Å². The van der Waals surface area contributed by atoms with E-state index in [-0.39, 0.29) is 29.5 Å². The van der Waals surface area contributed by atoms with Gasteiger partial charge in [0.15, 0.2) is 11.5 Å². The Balaban J connectivity index is 2.16. The quantitative estimate of drug-likeness (QED) is 0.488. The van der Waals surface area contributed by atoms with Crippen LogP contribution in [-0.2, 0) is 16.0 Å². The number of aryl methyl sites for hydroxylation is 1. The van der Waals surface area contributed by atoms with Crippen molar-refractivity contribution in [1.29, 1.82) is 0 Å². The third kappa shape index (κ3) is 5.90. The van der Waals surface area contributed by atoms with Gasteiger partial charge in [-0.3, -0.25) is 14.4 Å². The van der Waals surface area contributed by atoms with E-state index in [9.17, 15) is 14.4 Å². The van der Waals surface area contributed by atoms with E-state index < -0.39 is 6.04 Å². The first-order valence-corrected chi connectivity index (χ1v) is 12.0. The number of rotatable bonds is 9. The van der Waals surface area contributed by atoms with Crippen molar-refractivity contribution in [3.8, 4) is 28.4 Å². The van der Waals surface area contributed by atoms with Crippen molar-refractivity contribution in [1.82, 2.24) is 10.6 Å². The molecular formula is C27H35N3O6. The Morgan fingerprint density at radius 3 is 2.39 bits per heavy atom. The van der Waals surface area contributed by atoms with Crippen LogP contribution in [0.25, 0.3) is 11.1 Å². The molecule has 0 unspecified atom stereocenters. The highest BCUT2D eigenvalue weighted by atomic mass is 16.5. The van der Waals surface area contributed by atoms with Crippen molar-refractivity contribution < 1.29 is 23.8 Å². The summed E-state index contributed by atoms with van der Waals surface area (Å²) in [5.41, 5.74) is 3.11. The standard InChI is InChI=1S/C27H35N3O6/c1-15(2)13-29-24(33)14-28-21-10-8-18-19(12-22(21)32)20(30-16(3)31)9-7-17-11-23(34-4)26(35-5)27(36-6)25(17)18/h8,10-12,15,20H,7,9,13-14H2,1-6H3,(H,28,32)(H,29,33)(H,30,31)/t20-/m0/s1. The maximum absolute atomic E-state index is 13.2. The van der Waals surface area contributed by atoms with E-state index in [1.165, 1.54) is 20.1 Å². The van der Waals surface area contributed by atoms with Crippen LogP contribution in [0.3, 0.4) is 0 Å². The van der Waals surface area contributed by atoms with Crippen LogP contribution in [0.4, 0.5) is 5.69 Å². The monoisotopic (exact) mass is 497 g/mol. The smallest absolute Gasteiger partial charge is 0.239 e. The lowest BCUT2D eigenvalue weighted by Crippen LogP contribution is -2.33. The van der Waals surface area contributed by atoms with E-state index >= 15 is 0 Å². The van der Waals surface area contributed by atoms with Gasteiger partial charge in [-0.2, -0.15) is 0 Å². The van der Waals surface area contributed by atoms with Gasteiger partial charge in [-0.05, 0) is 53.6 Å². The number of fused-ring (bicyclic) bond motifs is 3. The molecule has 0 saturated heterocycles. The lowest BCUT2D eigenvalue weighted by molar-refractivity contribution is -0.120. The minimum atomic E-state index is -0.395. The van der Waals surface area contributed by atoms with E-state index in [1.54, 1.807) is 20.3 Å². The normalized spacial score (nSPS) is 14.1. The zero-order valence-corrected chi connectivity index (χ0v) is 21.7. The number of anilines is 1. The Morgan fingerprint density at radius 2 is 1.78 bits per heavy atom. The van der Waals surface area contributed by atoms with Gasteiger partial charge in [-0.1, -0.05) is 19.9 Å². The lowest BCUT2D eigenvalue weighted by Gasteiger charge is -2.19. The Kier molecular flexibility index (Phi) is 8.79. The van der Waals surface area contributed by atoms with Crippen molar-refractivity contribution in [2.45, 2.75) is 39.7 Å². The molecule has 3 N–H and O–H groups in total. The zero-order chi connectivity index (χ0) is 26.4. The summed E-state index contributed by atoms with van der Waals surface area (Å²) in [7, 11) is 4.66. The summed E-state index contributed by atoms with van der Waals surface area (Å²) < 4.78 is 16.9. The number of benzene rings is 1. The number of carbonyl (C=O) groups is 2. The predicted molar refractivity (Wildman–Crippen MR) is 139 cm³/mol. The molecule has 0 fully saturated rings. The molecule has 0 radical (unpaired) electrons. The van der Waals surface area contributed by atoms with Crippen LogP contribution in [-0.4, -0.2) is 46.2 Å². The molecule has 9 heteroatoms. The van der Waals surface area contributed by atoms with Gasteiger partial charge in [0, 0.05) is 19.0 Å². The summed E-state index contributed by atoms with van der Waals surface area (Å²) in [4.78, 5) is 37.5. The largest absolute Gasteiger partial charge is 0.493 e. The fourth-order valence-corrected chi connectivity index (χ4v) is 4.41. The number of nitrogens with one attached hydrogen (secondary N) is 3. The highest BCUT2D eigenvalue weighted by Gasteiger charge is 2.29. The van der Waals surface area contributed by atoms with Crippen LogP contribution >= 0.6 is 0 Å². The highest BCUT2D eigenvalue weighted by Crippen LogP contribution is 2.50. The van der Waals surface area contributed by atoms with Gasteiger partial charge in [-0.25, -0.2) is 0 Å². The summed E-state index contributed by atoms with van der Waals surface area (Å²) >= 11 is 0. The Labute approximate surface area is 211 Å². The summed E-state index contributed by atoms with van der Waals surface area (Å²) in [5, 5.41) is 8.77. The third-order valence-electron chi connectivity index (χ3n) is 6.06. The minimum absolute atomic E-state index is 0.0311. The summed E-state index contributed by atoms with van der Waals surface area (Å²) in [5.74, 6) is 1.39. The van der Waals surface area contributed by atoms with E-state index in [2.05, 4.69) is 16.0 Å². The van der Waals surface area contributed by atoms with Gasteiger partial charge in [0.1, 0.15) is 0 Å². The molecule has 0 bridgehead atoms. The first kappa shape index (κ1) is 26.8. The Bertz CT molecular complexity index is 1190. The maximum Gasteiger partial charge on any atom is 0.239 e. The Morgan fingerprint density at radius 1 is 1.06 bits per heavy atom. The van der Waals surface area contributed by atoms with Crippen molar-refractivity contribution in [2.75, 3.05) is 39.7 Å². The molecule has 1 atom stereocenters. The molecule has 1 aliphatic carbocycles. The number of methoxy groups -OCH3 is 3. The van der Waals surface area contributed by atoms with Crippen molar-refractivity contribution >= 4 is 17.5 Å². The van der Waals surface area contributed by atoms with Crippen LogP contribution in [0.1, 0.15) is 44.4 Å². The fraction of sp³-hybridized carbons (Fsp3) is 0.444. The van der Waals surface area contributed by atoms with E-state index in [0.29, 0.717) is 48.1 Å². The topological polar surface area (TPSA) is 115 Å². The number of hydrogen-bond donors (Lipinski definition) is 3. The number of amides is 2. The predicted octanol–water partition coefficient (Wildman–Crippen LogP) is 3.05. The first-order valence-electron chi connectivity index (χ1n) is 12.0. The van der Waals surface area contributed by atoms with Crippen LogP contribution in [0, 0.1) is 5.92 Å². The van der Waals surface area contributed by atoms with Crippen LogP contribution in [0.2, 0.25) is 0 Å². The van der Waals surface area contributed by atoms with Gasteiger partial charge < -0.3 is 30.2 Å². The molecule has 3 rings (SSSR count). The second-order valence-electron chi connectivity index (χ2n) is 9.15. The number of carbonyl (C=O) groups excluding carboxylic acids is 2. The zero-order valence-electron chi connectivity index (χ0n) is 21.7. The van der Waals surface area contributed by atoms with Crippen molar-refractivity contribution in [2.24, 2.45) is 5.92 Å². The average molecular weight is 498 g/mol. The van der Waals surface area contributed by atoms with E-state index in [1.807, 2.05) is 26.0 Å². The van der Waals surface area contributed by atoms with Crippen molar-refractivity contribution in [3.63, 3.8) is 0 Å². The third-order valence-corrected chi connectivity index (χ3v) is 6.06. The van der Waals surface area contributed by atoms with E-state index in [4.69, 9.17) is 14.2 Å². The molecular weight excluding hydrogens is 462 g/mol. The molecule has 1 aliphatic rings. The van der Waals surface area contributed by atoms with E-state index in [0.717, 1.165) is 16.7 Å². The lowest BCUT2D eigenvalue weighted by atomic mass is 9.95. The molecule has 2 aromatic rings. The highest BCUT2D eigenvalue weighted by molar-refractivity contribution is 5.84. The van der Waals surface area contributed by atoms with Crippen LogP contribution in [0.15, 0.2) is 29.1 Å². The molecule has 36 heavy (non-hydrogen) atoms. The van der Waals surface area contributed by atoms with Gasteiger partial charge >= 0.3 is 0 Å². The molecule has 9 nitrogen and oxygen atoms in total. The molecule has 0 saturated carbocycles. The molecule has 2 amide bonds. The molecule has 2 aromatic carbocycles. The fourth-order valence-electron chi connectivity index (χ4n) is 4.41. The summed E-state index contributed by atoms with van der Waals surface area (Å²) in [6.07, 6.45) is 1.19. The van der Waals surface area contributed by atoms with Crippen molar-refractivity contribution in [3.05, 3.63) is 45.6 Å². The van der Waals surface area contributed by atoms with Crippen LogP contribution < -0.4 is 35.6 Å². The van der Waals surface area contributed by atoms with Gasteiger partial charge in [0.2, 0.25) is 23.0 Å². The van der Waals surface area contributed by atoms with Crippen LogP contribution in [0.5, 0.6) is 17.2 Å². The Hall–Kier alpha value is -3.75. The molecule has 0 aromatic heterocycles. The SMILES string of the molecule is COc1cc2c(c(OC)c1OC)-c1ccc(NCC(=O)NCC(C)C)c(=O)cc1[C@@H](NC(C)=O)CC2. The number of hydrogen-bond acceptors (Lipinski definition) is 7. The molecule has 0 aliphatic heterocycles. The molecule has 194 valence electrons. The summed E-state index contributed by atoms with van der Waals surface area (Å²) in [6, 6.07) is 6.51. The number of ether oxygens (including phenoxy) is 3. The second-order valence-corrected chi connectivity index (χ2v) is 9.15. The summed E-state index contributed by atoms with van der Waals surface area (Å²) in [6.45, 7) is 6.00. The molecule has 0 heterocycles. The maximum atomic E-state index is 13.2. The minimum Gasteiger partial charge on any atom is -0.493 e.